The topological polar surface area (TPSA) is 404 Å². The molecule has 25 nitrogen and oxygen atoms in total. The predicted octanol–water partition coefficient (Wildman–Crippen LogP) is 4.12. The van der Waals surface area contributed by atoms with E-state index in [4.69, 9.17) is 40.4 Å². The smallest absolute Gasteiger partial charge is 0.326 e. The van der Waals surface area contributed by atoms with Crippen LogP contribution in [0.4, 0.5) is 0 Å². The fourth-order valence-corrected chi connectivity index (χ4v) is 9.65. The SMILES string of the molecule is CN[C@@H](CCCCNC(=O)COCCOCCCC(=O)COCCOCCNC(=O)CC[C@H](NC(=O)CCCCCCCCCCCCCCCS(=O)(=O)O)C(=O)O)C(=O)CN[C@@H](CCCCC(=N)N)C(=O)C[C@@H](Cc1ccc(O)cc1)C(N)=O. The lowest BCUT2D eigenvalue weighted by atomic mass is 9.90. The number of ketones is 3. The average molecular weight is 1230 g/mol. The third-order valence-corrected chi connectivity index (χ3v) is 14.8. The maximum Gasteiger partial charge on any atom is 0.326 e. The first-order chi connectivity index (χ1) is 40.7. The Hall–Kier alpha value is -5.48. The summed E-state index contributed by atoms with van der Waals surface area (Å²) in [6.45, 7) is 1.50. The van der Waals surface area contributed by atoms with Gasteiger partial charge in [0.2, 0.25) is 23.6 Å². The Morgan fingerprint density at radius 1 is 0.565 bits per heavy atom. The number of amidine groups is 1. The number of phenolic OH excluding ortho intramolecular Hbond substituents is 1. The molecule has 26 heteroatoms. The maximum absolute atomic E-state index is 13.5. The number of carboxylic acid groups (broad SMARTS) is 1. The number of likely N-dealkylation sites (N-methyl/N-ethyl adjacent to an activating group) is 1. The molecule has 85 heavy (non-hydrogen) atoms. The second-order valence-corrected chi connectivity index (χ2v) is 23.0. The van der Waals surface area contributed by atoms with Crippen LogP contribution in [0.25, 0.3) is 0 Å². The first kappa shape index (κ1) is 77.5. The van der Waals surface area contributed by atoms with Crippen LogP contribution in [0.5, 0.6) is 5.75 Å². The number of aliphatic carboxylic acids is 1. The number of hydrogen-bond acceptors (Lipinski definition) is 18. The number of nitrogens with one attached hydrogen (secondary N) is 6. The number of nitrogens with two attached hydrogens (primary N) is 2. The molecule has 0 aromatic heterocycles. The van der Waals surface area contributed by atoms with E-state index < -0.39 is 46.0 Å². The van der Waals surface area contributed by atoms with Crippen LogP contribution in [0.1, 0.15) is 173 Å². The van der Waals surface area contributed by atoms with Crippen LogP contribution < -0.4 is 38.1 Å². The number of carboxylic acids is 1. The molecule has 1 aromatic carbocycles. The first-order valence-corrected chi connectivity index (χ1v) is 32.0. The molecule has 0 unspecified atom stereocenters. The number of primary amides is 1. The van der Waals surface area contributed by atoms with Crippen molar-refractivity contribution in [1.82, 2.24) is 26.6 Å². The Bertz CT molecular complexity index is 2190. The first-order valence-electron chi connectivity index (χ1n) is 30.4. The van der Waals surface area contributed by atoms with Crippen LogP contribution in [-0.4, -0.2) is 179 Å². The van der Waals surface area contributed by atoms with Gasteiger partial charge in [-0.3, -0.25) is 43.5 Å². The van der Waals surface area contributed by atoms with Gasteiger partial charge < -0.3 is 67.2 Å². The summed E-state index contributed by atoms with van der Waals surface area (Å²) in [5.41, 5.74) is 11.9. The molecule has 0 saturated heterocycles. The molecule has 0 radical (unpaired) electrons. The van der Waals surface area contributed by atoms with Gasteiger partial charge >= 0.3 is 5.97 Å². The number of unbranched alkanes of at least 4 members (excludes halogenated alkanes) is 14. The zero-order valence-corrected chi connectivity index (χ0v) is 51.1. The van der Waals surface area contributed by atoms with Crippen molar-refractivity contribution < 1.29 is 80.5 Å². The molecule has 0 saturated carbocycles. The van der Waals surface area contributed by atoms with Gasteiger partial charge in [0.25, 0.3) is 10.1 Å². The zero-order valence-electron chi connectivity index (χ0n) is 50.3. The third-order valence-electron chi connectivity index (χ3n) is 14.0. The molecule has 0 fully saturated rings. The molecule has 0 heterocycles. The molecule has 486 valence electrons. The van der Waals surface area contributed by atoms with Gasteiger partial charge in [-0.05, 0) is 89.0 Å². The van der Waals surface area contributed by atoms with E-state index in [0.29, 0.717) is 77.4 Å². The summed E-state index contributed by atoms with van der Waals surface area (Å²) in [5.74, 6) is -4.22. The van der Waals surface area contributed by atoms with Crippen molar-refractivity contribution in [1.29, 1.82) is 5.41 Å². The van der Waals surface area contributed by atoms with E-state index in [1.807, 2.05) is 0 Å². The van der Waals surface area contributed by atoms with Gasteiger partial charge in [0.15, 0.2) is 17.3 Å². The number of carbonyl (C=O) groups is 8. The van der Waals surface area contributed by atoms with Gasteiger partial charge in [-0.25, -0.2) is 4.79 Å². The average Bonchev–Trinajstić information content (AvgIpc) is 3.64. The highest BCUT2D eigenvalue weighted by Gasteiger charge is 2.27. The predicted molar refractivity (Wildman–Crippen MR) is 321 cm³/mol. The van der Waals surface area contributed by atoms with E-state index in [2.05, 4.69) is 26.6 Å². The van der Waals surface area contributed by atoms with Crippen LogP contribution in [-0.2, 0) is 73.8 Å². The number of ether oxygens (including phenoxy) is 4. The molecule has 0 aliphatic heterocycles. The molecule has 0 bridgehead atoms. The van der Waals surface area contributed by atoms with Crippen LogP contribution in [0, 0.1) is 11.3 Å². The fraction of sp³-hybridized carbons (Fsp3) is 0.746. The van der Waals surface area contributed by atoms with Crippen molar-refractivity contribution in [3.63, 3.8) is 0 Å². The van der Waals surface area contributed by atoms with Gasteiger partial charge in [-0.2, -0.15) is 8.42 Å². The lowest BCUT2D eigenvalue weighted by molar-refractivity contribution is -0.142. The molecule has 0 aliphatic rings. The summed E-state index contributed by atoms with van der Waals surface area (Å²) >= 11 is 0. The third kappa shape index (κ3) is 45.5. The largest absolute Gasteiger partial charge is 0.508 e. The minimum atomic E-state index is -3.86. The van der Waals surface area contributed by atoms with E-state index in [1.54, 1.807) is 19.2 Å². The van der Waals surface area contributed by atoms with Crippen LogP contribution in [0.2, 0.25) is 0 Å². The number of hydrogen-bond donors (Lipinski definition) is 11. The van der Waals surface area contributed by atoms with Crippen molar-refractivity contribution in [2.75, 3.05) is 85.3 Å². The van der Waals surface area contributed by atoms with Crippen LogP contribution in [0.15, 0.2) is 24.3 Å². The minimum absolute atomic E-state index is 0.0419. The minimum Gasteiger partial charge on any atom is -0.508 e. The second-order valence-electron chi connectivity index (χ2n) is 21.4. The maximum atomic E-state index is 13.5. The van der Waals surface area contributed by atoms with E-state index >= 15 is 0 Å². The Labute approximate surface area is 503 Å². The molecule has 4 atom stereocenters. The van der Waals surface area contributed by atoms with Crippen molar-refractivity contribution in [3.8, 4) is 5.75 Å². The molecule has 0 spiro atoms. The second kappa shape index (κ2) is 49.6. The normalized spacial score (nSPS) is 12.9. The summed E-state index contributed by atoms with van der Waals surface area (Å²) in [6.07, 6.45) is 17.1. The fourth-order valence-electron chi connectivity index (χ4n) is 9.08. The quantitative estimate of drug-likeness (QED) is 0.0189. The summed E-state index contributed by atoms with van der Waals surface area (Å²) < 4.78 is 51.9. The standard InChI is InChI=1S/C59H102N8O17S/c1-63-49(53(71)42-66-50(22-14-15-23-54(60)61)52(70)41-46(58(62)75)40-45-25-27-47(68)28-26-45)21-16-17-31-64-57(74)44-84-38-35-81-33-19-20-48(69)43-83-37-36-82-34-32-65-55(72)30-29-51(59(76)77)67-56(73)24-13-11-9-7-5-3-2-4-6-8-10-12-18-39-85(78,79)80/h25-28,46,49-51,63,66,68H,2-24,29-44H2,1H3,(H3,60,61)(H2,62,75)(H,64,74)(H,65,72)(H,67,73)(H,76,77)(H,78,79,80)/t46-,49+,50+,51+/m1/s1. The number of amides is 4. The van der Waals surface area contributed by atoms with Crippen molar-refractivity contribution in [3.05, 3.63) is 29.8 Å². The summed E-state index contributed by atoms with van der Waals surface area (Å²) in [5, 5.41) is 40.8. The highest BCUT2D eigenvalue weighted by molar-refractivity contribution is 7.85. The van der Waals surface area contributed by atoms with Crippen molar-refractivity contribution in [2.45, 2.75) is 191 Å². The Morgan fingerprint density at radius 2 is 1.12 bits per heavy atom. The van der Waals surface area contributed by atoms with E-state index in [0.717, 1.165) is 76.2 Å². The highest BCUT2D eigenvalue weighted by atomic mass is 32.2. The van der Waals surface area contributed by atoms with Gasteiger partial charge in [0.1, 0.15) is 25.0 Å². The Morgan fingerprint density at radius 3 is 1.72 bits per heavy atom. The van der Waals surface area contributed by atoms with Crippen molar-refractivity contribution in [2.24, 2.45) is 17.4 Å². The zero-order chi connectivity index (χ0) is 62.9. The van der Waals surface area contributed by atoms with Gasteiger partial charge in [-0.15, -0.1) is 0 Å². The highest BCUT2D eigenvalue weighted by Crippen LogP contribution is 2.19. The lowest BCUT2D eigenvalue weighted by Gasteiger charge is -2.22. The molecular weight excluding hydrogens is 1120 g/mol. The molecule has 0 aliphatic carbocycles. The van der Waals surface area contributed by atoms with Crippen LogP contribution >= 0.6 is 0 Å². The number of aromatic hydroxyl groups is 1. The van der Waals surface area contributed by atoms with Crippen molar-refractivity contribution >= 4 is 62.9 Å². The number of phenols is 1. The molecule has 13 N–H and O–H groups in total. The van der Waals surface area contributed by atoms with E-state index in [9.17, 15) is 57.0 Å². The molecule has 1 rings (SSSR count). The summed E-state index contributed by atoms with van der Waals surface area (Å²) in [6, 6.07) is 3.91. The lowest BCUT2D eigenvalue weighted by Crippen LogP contribution is -2.46. The van der Waals surface area contributed by atoms with E-state index in [-0.39, 0.29) is 150 Å². The number of Topliss-reactive ketones (excluding diaryl/α,β-unsaturated/α-hetero) is 3. The monoisotopic (exact) mass is 1230 g/mol. The number of benzene rings is 1. The Kier molecular flexibility index (Phi) is 45.3. The van der Waals surface area contributed by atoms with Crippen LogP contribution in [0.3, 0.4) is 0 Å². The number of rotatable bonds is 59. The van der Waals surface area contributed by atoms with Gasteiger partial charge in [0.05, 0.1) is 63.3 Å². The van der Waals surface area contributed by atoms with Gasteiger partial charge in [0, 0.05) is 57.7 Å². The molecule has 1 aromatic rings. The summed E-state index contributed by atoms with van der Waals surface area (Å²) in [7, 11) is -2.18. The van der Waals surface area contributed by atoms with E-state index in [1.165, 1.54) is 12.1 Å². The molecule has 4 amide bonds. The number of carbonyl (C=O) groups excluding carboxylic acids is 7. The Balaban J connectivity index is 2.09. The molecular formula is C59H102N8O17S. The summed E-state index contributed by atoms with van der Waals surface area (Å²) in [4.78, 5) is 99.9. The van der Waals surface area contributed by atoms with Gasteiger partial charge in [-0.1, -0.05) is 89.2 Å².